The maximum absolute atomic E-state index is 5.08. The fraction of sp³-hybridized carbons (Fsp3) is 0.355. The van der Waals surface area contributed by atoms with Crippen molar-refractivity contribution < 1.29 is 0 Å². The highest BCUT2D eigenvalue weighted by Crippen LogP contribution is 2.41. The van der Waals surface area contributed by atoms with Gasteiger partial charge in [-0.05, 0) is 58.6 Å². The van der Waals surface area contributed by atoms with E-state index < -0.39 is 8.07 Å². The van der Waals surface area contributed by atoms with E-state index in [1.54, 1.807) is 11.3 Å². The maximum atomic E-state index is 5.08. The molecule has 36 heavy (non-hydrogen) atoms. The van der Waals surface area contributed by atoms with Crippen LogP contribution in [0.25, 0.3) is 32.0 Å². The molecule has 0 fully saturated rings. The van der Waals surface area contributed by atoms with Crippen molar-refractivity contribution in [1.29, 1.82) is 0 Å². The van der Waals surface area contributed by atoms with Gasteiger partial charge >= 0.3 is 0 Å². The molecule has 186 valence electrons. The van der Waals surface area contributed by atoms with Crippen LogP contribution in [-0.4, -0.2) is 32.1 Å². The molecule has 0 radical (unpaired) electrons. The van der Waals surface area contributed by atoms with Gasteiger partial charge in [-0.1, -0.05) is 71.7 Å². The molecule has 0 aliphatic heterocycles. The van der Waals surface area contributed by atoms with Crippen LogP contribution >= 0.6 is 11.3 Å². The van der Waals surface area contributed by atoms with Crippen LogP contribution in [0.15, 0.2) is 60.7 Å². The highest BCUT2D eigenvalue weighted by molar-refractivity contribution is 7.18. The van der Waals surface area contributed by atoms with Crippen LogP contribution in [0.1, 0.15) is 47.2 Å². The van der Waals surface area contributed by atoms with Crippen LogP contribution in [0.3, 0.4) is 0 Å². The fourth-order valence-electron chi connectivity index (χ4n) is 5.40. The second-order valence-electron chi connectivity index (χ2n) is 10.7. The summed E-state index contributed by atoms with van der Waals surface area (Å²) in [5.41, 5.74) is 11.5. The van der Waals surface area contributed by atoms with E-state index in [1.165, 1.54) is 16.1 Å². The number of rotatable bonds is 6. The van der Waals surface area contributed by atoms with Crippen LogP contribution < -0.4 is 4.90 Å². The molecule has 0 aliphatic carbocycles. The summed E-state index contributed by atoms with van der Waals surface area (Å²) in [4.78, 5) is 14.6. The third-order valence-electron chi connectivity index (χ3n) is 7.34. The Morgan fingerprint density at radius 3 is 1.83 bits per heavy atom. The Balaban J connectivity index is 1.84. The number of hydrogen-bond donors (Lipinski definition) is 0. The fourth-order valence-corrected chi connectivity index (χ4v) is 11.6. The molecule has 0 N–H and O–H groups in total. The lowest BCUT2D eigenvalue weighted by Crippen LogP contribution is -2.43. The molecule has 2 aromatic heterocycles. The van der Waals surface area contributed by atoms with E-state index in [9.17, 15) is 0 Å². The molecule has 4 rings (SSSR count). The lowest BCUT2D eigenvalue weighted by Gasteiger charge is -2.38. The average molecular weight is 512 g/mol. The second-order valence-corrected chi connectivity index (χ2v) is 17.3. The summed E-state index contributed by atoms with van der Waals surface area (Å²) in [6.07, 6.45) is 0. The number of thiophene rings is 1. The van der Waals surface area contributed by atoms with Crippen molar-refractivity contribution in [3.63, 3.8) is 0 Å². The normalized spacial score (nSPS) is 11.9. The van der Waals surface area contributed by atoms with E-state index in [0.717, 1.165) is 27.3 Å². The maximum Gasteiger partial charge on any atom is 0.146 e. The van der Waals surface area contributed by atoms with Crippen LogP contribution in [0.5, 0.6) is 0 Å². The highest BCUT2D eigenvalue weighted by atomic mass is 32.1. The zero-order valence-electron chi connectivity index (χ0n) is 22.8. The summed E-state index contributed by atoms with van der Waals surface area (Å²) >= 11 is 1.76. The number of fused-ring (bicyclic) bond motifs is 1. The summed E-state index contributed by atoms with van der Waals surface area (Å²) in [6, 6.07) is 21.2. The monoisotopic (exact) mass is 511 g/mol. The van der Waals surface area contributed by atoms with E-state index in [4.69, 9.17) is 9.97 Å². The summed E-state index contributed by atoms with van der Waals surface area (Å²) in [5.74, 6) is 3.60. The first-order chi connectivity index (χ1) is 17.1. The van der Waals surface area contributed by atoms with Gasteiger partial charge in [0.25, 0.3) is 0 Å². The summed E-state index contributed by atoms with van der Waals surface area (Å²) in [6.45, 7) is 14.1. The Bertz CT molecular complexity index is 1380. The minimum Gasteiger partial charge on any atom is -0.378 e. The predicted octanol–water partition coefficient (Wildman–Crippen LogP) is 8.66. The largest absolute Gasteiger partial charge is 0.378 e. The highest BCUT2D eigenvalue weighted by Gasteiger charge is 2.41. The minimum atomic E-state index is -1.89. The first-order valence-electron chi connectivity index (χ1n) is 12.8. The van der Waals surface area contributed by atoms with Gasteiger partial charge in [0.15, 0.2) is 0 Å². The molecule has 3 nitrogen and oxygen atoms in total. The number of benzene rings is 2. The number of hydrogen-bond acceptors (Lipinski definition) is 4. The topological polar surface area (TPSA) is 29.0 Å². The Kier molecular flexibility index (Phi) is 7.68. The summed E-state index contributed by atoms with van der Waals surface area (Å²) < 4.78 is 0. The number of para-hydroxylation sites is 2. The van der Waals surface area contributed by atoms with Crippen molar-refractivity contribution in [3.8, 4) is 32.5 Å². The second kappa shape index (κ2) is 10.6. The number of nitrogens with zero attached hydrogens (tertiary/aromatic N) is 3. The molecule has 0 unspecified atom stereocenters. The molecule has 2 heterocycles. The molecular weight excluding hydrogens is 475 g/mol. The van der Waals surface area contributed by atoms with Gasteiger partial charge in [0.2, 0.25) is 0 Å². The molecule has 0 saturated heterocycles. The first kappa shape index (κ1) is 26.1. The minimum absolute atomic E-state index is 0.570. The molecule has 5 heteroatoms. The average Bonchev–Trinajstić information content (AvgIpc) is 3.33. The molecule has 0 spiro atoms. The lowest BCUT2D eigenvalue weighted by atomic mass is 10.1. The Labute approximate surface area is 221 Å². The Hall–Kier alpha value is -2.94. The van der Waals surface area contributed by atoms with E-state index in [-0.39, 0.29) is 0 Å². The van der Waals surface area contributed by atoms with Gasteiger partial charge in [0.05, 0.1) is 15.9 Å². The summed E-state index contributed by atoms with van der Waals surface area (Å²) in [5, 5.41) is 0. The third-order valence-corrected chi connectivity index (χ3v) is 14.8. The van der Waals surface area contributed by atoms with Gasteiger partial charge in [0.1, 0.15) is 19.5 Å². The Morgan fingerprint density at radius 1 is 0.722 bits per heavy atom. The third kappa shape index (κ3) is 4.98. The molecule has 0 saturated carbocycles. The lowest BCUT2D eigenvalue weighted by molar-refractivity contribution is 0.838. The molecule has 0 bridgehead atoms. The van der Waals surface area contributed by atoms with Crippen molar-refractivity contribution in [2.75, 3.05) is 19.0 Å². The van der Waals surface area contributed by atoms with Gasteiger partial charge in [-0.2, -0.15) is 0 Å². The zero-order valence-corrected chi connectivity index (χ0v) is 24.6. The van der Waals surface area contributed by atoms with Crippen LogP contribution in [0.2, 0.25) is 16.6 Å². The first-order valence-corrected chi connectivity index (χ1v) is 15.9. The predicted molar refractivity (Wildman–Crippen MR) is 161 cm³/mol. The molecule has 0 atom stereocenters. The number of aromatic nitrogens is 2. The standard InChI is InChI=1S/C31H37N3SSi/c1-21(2)36(22(3)4,23(5)6)20-19-28-31(33-27-12-10-9-11-26(27)32-28)30-18-17-29(35-30)24-13-15-25(16-14-24)34(7)8/h9-18,21-23H,1-8H3. The van der Waals surface area contributed by atoms with Crippen molar-refractivity contribution in [3.05, 3.63) is 66.4 Å². The van der Waals surface area contributed by atoms with Crippen molar-refractivity contribution in [2.45, 2.75) is 58.2 Å². The van der Waals surface area contributed by atoms with E-state index >= 15 is 0 Å². The molecule has 2 aromatic carbocycles. The van der Waals surface area contributed by atoms with Crippen LogP contribution in [-0.2, 0) is 0 Å². The van der Waals surface area contributed by atoms with Gasteiger partial charge in [-0.25, -0.2) is 9.97 Å². The van der Waals surface area contributed by atoms with Gasteiger partial charge in [0, 0.05) is 24.7 Å². The zero-order chi connectivity index (χ0) is 26.0. The van der Waals surface area contributed by atoms with Crippen LogP contribution in [0.4, 0.5) is 5.69 Å². The van der Waals surface area contributed by atoms with Crippen molar-refractivity contribution in [1.82, 2.24) is 9.97 Å². The molecule has 0 amide bonds. The quantitative estimate of drug-likeness (QED) is 0.191. The SMILES string of the molecule is CC(C)[Si](C#Cc1nc2ccccc2nc1-c1ccc(-c2ccc(N(C)C)cc2)s1)(C(C)C)C(C)C. The van der Waals surface area contributed by atoms with Gasteiger partial charge < -0.3 is 4.90 Å². The smallest absolute Gasteiger partial charge is 0.146 e. The van der Waals surface area contributed by atoms with E-state index in [0.29, 0.717) is 16.6 Å². The van der Waals surface area contributed by atoms with E-state index in [2.05, 4.69) is 108 Å². The molecular formula is C31H37N3SSi. The Morgan fingerprint density at radius 2 is 1.28 bits per heavy atom. The van der Waals surface area contributed by atoms with Crippen molar-refractivity contribution >= 4 is 36.1 Å². The van der Waals surface area contributed by atoms with Gasteiger partial charge in [-0.15, -0.1) is 16.9 Å². The van der Waals surface area contributed by atoms with Crippen molar-refractivity contribution in [2.24, 2.45) is 0 Å². The van der Waals surface area contributed by atoms with Crippen LogP contribution in [0, 0.1) is 11.5 Å². The van der Waals surface area contributed by atoms with E-state index in [1.807, 2.05) is 24.3 Å². The summed E-state index contributed by atoms with van der Waals surface area (Å²) in [7, 11) is 2.23. The molecule has 4 aromatic rings. The van der Waals surface area contributed by atoms with Gasteiger partial charge in [-0.3, -0.25) is 0 Å². The molecule has 0 aliphatic rings. The number of anilines is 1.